The van der Waals surface area contributed by atoms with Crippen LogP contribution in [-0.2, 0) is 10.9 Å². The van der Waals surface area contributed by atoms with Crippen LogP contribution < -0.4 is 0 Å². The molecule has 0 saturated heterocycles. The third kappa shape index (κ3) is 3.97. The predicted octanol–water partition coefficient (Wildman–Crippen LogP) is 5.97. The minimum atomic E-state index is -0.528. The molecule has 2 unspecified atom stereocenters. The van der Waals surface area contributed by atoms with E-state index in [-0.39, 0.29) is 0 Å². The highest BCUT2D eigenvalue weighted by Crippen LogP contribution is 2.53. The van der Waals surface area contributed by atoms with Gasteiger partial charge in [0.05, 0.1) is 0 Å². The molecule has 0 aromatic heterocycles. The summed E-state index contributed by atoms with van der Waals surface area (Å²) in [5.74, 6) is 0. The van der Waals surface area contributed by atoms with Crippen molar-refractivity contribution in [1.82, 2.24) is 0 Å². The maximum atomic E-state index is 9.69. The third-order valence-electron chi connectivity index (χ3n) is 3.14. The Bertz CT molecular complexity index is 522. The second-order valence-electron chi connectivity index (χ2n) is 4.01. The summed E-state index contributed by atoms with van der Waals surface area (Å²) in [5, 5.41) is 0. The van der Waals surface area contributed by atoms with Crippen molar-refractivity contribution in [1.29, 1.82) is 0 Å². The van der Waals surface area contributed by atoms with Crippen LogP contribution >= 0.6 is 21.3 Å². The maximum absolute atomic E-state index is 9.69. The Morgan fingerprint density at radius 3 is 2.24 bits per heavy atom. The molecule has 1 aromatic rings. The molecule has 1 N–H and O–H groups in total. The number of hydrogen-bond donors (Lipinski definition) is 1. The summed E-state index contributed by atoms with van der Waals surface area (Å²) in [6, 6.07) is 8.15. The highest BCUT2D eigenvalue weighted by Gasteiger charge is 2.37. The Morgan fingerprint density at radius 1 is 1.19 bits per heavy atom. The molecular formula is C18H25OPS. The topological polar surface area (TPSA) is 20.2 Å². The van der Waals surface area contributed by atoms with Crippen LogP contribution in [0.25, 0.3) is 0 Å². The lowest BCUT2D eigenvalue weighted by Crippen LogP contribution is -2.23. The van der Waals surface area contributed by atoms with Gasteiger partial charge in [0.2, 0.25) is 0 Å². The molecule has 2 atom stereocenters. The van der Waals surface area contributed by atoms with Crippen LogP contribution in [-0.4, -0.2) is 4.55 Å². The van der Waals surface area contributed by atoms with Gasteiger partial charge in [0.1, 0.15) is 4.49 Å². The minimum absolute atomic E-state index is 0.528. The quantitative estimate of drug-likeness (QED) is 0.420. The first-order chi connectivity index (χ1) is 10.2. The molecule has 0 heterocycles. The van der Waals surface area contributed by atoms with Crippen molar-refractivity contribution in [3.8, 4) is 0 Å². The number of benzene rings is 1. The second-order valence-corrected chi connectivity index (χ2v) is 6.12. The van der Waals surface area contributed by atoms with Crippen molar-refractivity contribution < 1.29 is 4.55 Å². The van der Waals surface area contributed by atoms with E-state index in [0.29, 0.717) is 0 Å². The molecule has 21 heavy (non-hydrogen) atoms. The Hall–Kier alpha value is -1.08. The van der Waals surface area contributed by atoms with Gasteiger partial charge in [0.15, 0.2) is 0 Å². The molecule has 1 nitrogen and oxygen atoms in total. The van der Waals surface area contributed by atoms with Crippen molar-refractivity contribution in [2.45, 2.75) is 24.8 Å². The lowest BCUT2D eigenvalue weighted by molar-refractivity contribution is 0.650. The van der Waals surface area contributed by atoms with E-state index < -0.39 is 4.49 Å². The number of hydrogen-bond acceptors (Lipinski definition) is 2. The fourth-order valence-corrected chi connectivity index (χ4v) is 3.48. The average Bonchev–Trinajstić information content (AvgIpc) is 2.58. The normalized spacial score (nSPS) is 19.2. The summed E-state index contributed by atoms with van der Waals surface area (Å²) in [6.45, 7) is 17.7. The molecule has 2 rings (SSSR count). The number of rotatable bonds is 3. The summed E-state index contributed by atoms with van der Waals surface area (Å²) in [6.07, 6.45) is 4.50. The van der Waals surface area contributed by atoms with Crippen molar-refractivity contribution in [2.75, 3.05) is 0 Å². The first kappa shape index (κ1) is 19.9. The lowest BCUT2D eigenvalue weighted by atomic mass is 9.85. The molecule has 1 aromatic carbocycles. The summed E-state index contributed by atoms with van der Waals surface area (Å²) in [5.41, 5.74) is 4.49. The molecule has 3 heteroatoms. The zero-order chi connectivity index (χ0) is 16.5. The molecule has 0 fully saturated rings. The molecule has 0 saturated carbocycles. The average molecular weight is 320 g/mol. The maximum Gasteiger partial charge on any atom is 0.106 e. The molecule has 0 spiro atoms. The fraction of sp³-hybridized carbons (Fsp3) is 0.222. The lowest BCUT2D eigenvalue weighted by Gasteiger charge is -2.35. The van der Waals surface area contributed by atoms with Crippen molar-refractivity contribution in [3.05, 3.63) is 85.0 Å². The van der Waals surface area contributed by atoms with Gasteiger partial charge in [-0.15, -0.1) is 22.4 Å². The summed E-state index contributed by atoms with van der Waals surface area (Å²) < 4.78 is 9.16. The van der Waals surface area contributed by atoms with Gasteiger partial charge in [-0.2, -0.15) is 0 Å². The van der Waals surface area contributed by atoms with Gasteiger partial charge >= 0.3 is 0 Å². The van der Waals surface area contributed by atoms with Crippen LogP contribution in [0.4, 0.5) is 0 Å². The molecule has 1 aliphatic rings. The molecule has 0 aliphatic heterocycles. The zero-order valence-corrected chi connectivity index (χ0v) is 14.9. The van der Waals surface area contributed by atoms with E-state index in [1.165, 1.54) is 5.56 Å². The van der Waals surface area contributed by atoms with Gasteiger partial charge in [0.25, 0.3) is 0 Å². The molecule has 0 amide bonds. The Balaban J connectivity index is 0.000000921. The minimum Gasteiger partial charge on any atom is -0.329 e. The van der Waals surface area contributed by atoms with Crippen LogP contribution in [0.1, 0.15) is 25.0 Å². The zero-order valence-electron chi connectivity index (χ0n) is 12.9. The smallest absolute Gasteiger partial charge is 0.106 e. The molecular weight excluding hydrogens is 295 g/mol. The van der Waals surface area contributed by atoms with Gasteiger partial charge in [-0.3, -0.25) is 0 Å². The Morgan fingerprint density at radius 2 is 1.76 bits per heavy atom. The van der Waals surface area contributed by atoms with Crippen LogP contribution in [0.5, 0.6) is 0 Å². The van der Waals surface area contributed by atoms with Crippen molar-refractivity contribution >= 4 is 21.3 Å². The van der Waals surface area contributed by atoms with E-state index in [1.807, 2.05) is 38.1 Å². The largest absolute Gasteiger partial charge is 0.329 e. The predicted molar refractivity (Wildman–Crippen MR) is 102 cm³/mol. The molecule has 114 valence electrons. The van der Waals surface area contributed by atoms with E-state index in [9.17, 15) is 4.55 Å². The standard InChI is InChI=1S/C14H15OPS.C2H6.C2H4/c1-3-10-9-11-7-5-6-8-13(11)14(16,17-15)12(10)4-2;2*1-2/h3-8,15H,1-2,9,16H2;1-2H3;1-2H2. The van der Waals surface area contributed by atoms with Crippen LogP contribution in [0.3, 0.4) is 0 Å². The van der Waals surface area contributed by atoms with E-state index in [1.54, 1.807) is 0 Å². The first-order valence-corrected chi connectivity index (χ1v) is 8.20. The Labute approximate surface area is 136 Å². The van der Waals surface area contributed by atoms with E-state index in [4.69, 9.17) is 0 Å². The van der Waals surface area contributed by atoms with Gasteiger partial charge in [-0.05, 0) is 28.7 Å². The number of fused-ring (bicyclic) bond motifs is 1. The van der Waals surface area contributed by atoms with Gasteiger partial charge in [-0.25, -0.2) is 0 Å². The van der Waals surface area contributed by atoms with E-state index in [0.717, 1.165) is 35.2 Å². The highest BCUT2D eigenvalue weighted by molar-refractivity contribution is 7.98. The first-order valence-electron chi connectivity index (χ1n) is 6.85. The molecule has 0 bridgehead atoms. The summed E-state index contributed by atoms with van der Waals surface area (Å²) in [7, 11) is 2.74. The molecule has 1 aliphatic carbocycles. The SMILES string of the molecule is C=C.C=CC1=C(C=C)C(P)(SO)c2ccccc2C1.CC. The third-order valence-corrected chi connectivity index (χ3v) is 4.81. The van der Waals surface area contributed by atoms with Crippen LogP contribution in [0.2, 0.25) is 0 Å². The Kier molecular flexibility index (Phi) is 9.28. The fourth-order valence-electron chi connectivity index (χ4n) is 2.28. The van der Waals surface area contributed by atoms with Gasteiger partial charge < -0.3 is 4.55 Å². The molecule has 0 radical (unpaired) electrons. The highest BCUT2D eigenvalue weighted by atomic mass is 32.2. The van der Waals surface area contributed by atoms with E-state index in [2.05, 4.69) is 47.7 Å². The van der Waals surface area contributed by atoms with Gasteiger partial charge in [-0.1, -0.05) is 63.4 Å². The number of allylic oxidation sites excluding steroid dienone is 3. The monoisotopic (exact) mass is 320 g/mol. The summed E-state index contributed by atoms with van der Waals surface area (Å²) >= 11 is 0.829. The van der Waals surface area contributed by atoms with Crippen LogP contribution in [0.15, 0.2) is 73.9 Å². The van der Waals surface area contributed by atoms with Crippen molar-refractivity contribution in [2.24, 2.45) is 0 Å². The van der Waals surface area contributed by atoms with Crippen molar-refractivity contribution in [3.63, 3.8) is 0 Å². The van der Waals surface area contributed by atoms with Crippen LogP contribution in [0, 0.1) is 0 Å². The van der Waals surface area contributed by atoms with E-state index >= 15 is 0 Å². The van der Waals surface area contributed by atoms with Gasteiger partial charge in [0, 0.05) is 12.0 Å². The summed E-state index contributed by atoms with van der Waals surface area (Å²) in [4.78, 5) is 0. The second kappa shape index (κ2) is 9.78.